The highest BCUT2D eigenvalue weighted by atomic mass is 16.2. The van der Waals surface area contributed by atoms with Gasteiger partial charge in [0.15, 0.2) is 5.78 Å². The van der Waals surface area contributed by atoms with Gasteiger partial charge in [0.1, 0.15) is 0 Å². The molecule has 0 aliphatic heterocycles. The molecule has 36 heavy (non-hydrogen) atoms. The number of benzene rings is 2. The van der Waals surface area contributed by atoms with Gasteiger partial charge >= 0.3 is 0 Å². The van der Waals surface area contributed by atoms with Crippen LogP contribution >= 0.6 is 0 Å². The van der Waals surface area contributed by atoms with E-state index in [2.05, 4.69) is 27.5 Å². The first kappa shape index (κ1) is 30.7. The van der Waals surface area contributed by atoms with Crippen LogP contribution in [0.4, 0.5) is 0 Å². The van der Waals surface area contributed by atoms with Crippen LogP contribution in [0.25, 0.3) is 22.5 Å². The van der Waals surface area contributed by atoms with Crippen molar-refractivity contribution in [2.24, 2.45) is 5.92 Å². The molecule has 1 atom stereocenters. The molecule has 0 aliphatic carbocycles. The molecule has 196 valence electrons. The normalized spacial score (nSPS) is 11.0. The van der Waals surface area contributed by atoms with Gasteiger partial charge in [-0.25, -0.2) is 0 Å². The van der Waals surface area contributed by atoms with Crippen LogP contribution in [0.1, 0.15) is 80.2 Å². The first-order valence-electron chi connectivity index (χ1n) is 13.1. The molecule has 7 heteroatoms. The van der Waals surface area contributed by atoms with E-state index in [0.29, 0.717) is 18.8 Å². The van der Waals surface area contributed by atoms with Crippen LogP contribution in [0.3, 0.4) is 0 Å². The number of H-pyrrole nitrogens is 1. The summed E-state index contributed by atoms with van der Waals surface area (Å²) >= 11 is 0. The molecule has 1 amide bonds. The fourth-order valence-corrected chi connectivity index (χ4v) is 4.05. The van der Waals surface area contributed by atoms with E-state index in [1.807, 2.05) is 90.1 Å². The molecule has 0 saturated carbocycles. The molecular weight excluding hydrogens is 450 g/mol. The molecule has 3 rings (SSSR count). The SMILES string of the molecule is CC.CC.CCCCC(=O)N(Cc1ccc(-c2ccccc2-c2nn[nH]n2)cc1)[C@H](C(C)=O)C(C)C. The summed E-state index contributed by atoms with van der Waals surface area (Å²) in [6.07, 6.45) is 2.23. The number of carbonyl (C=O) groups is 2. The molecule has 0 aliphatic rings. The Labute approximate surface area is 216 Å². The summed E-state index contributed by atoms with van der Waals surface area (Å²) in [7, 11) is 0. The van der Waals surface area contributed by atoms with Crippen molar-refractivity contribution in [3.8, 4) is 22.5 Å². The quantitative estimate of drug-likeness (QED) is 0.338. The van der Waals surface area contributed by atoms with Crippen LogP contribution < -0.4 is 0 Å². The van der Waals surface area contributed by atoms with Crippen LogP contribution in [0.15, 0.2) is 48.5 Å². The number of aromatic amines is 1. The van der Waals surface area contributed by atoms with E-state index >= 15 is 0 Å². The van der Waals surface area contributed by atoms with Crippen molar-refractivity contribution in [2.45, 2.75) is 87.2 Å². The Kier molecular flexibility index (Phi) is 13.9. The van der Waals surface area contributed by atoms with Gasteiger partial charge in [0.25, 0.3) is 0 Å². The number of aromatic nitrogens is 4. The molecule has 0 saturated heterocycles. The highest BCUT2D eigenvalue weighted by molar-refractivity contribution is 5.87. The largest absolute Gasteiger partial charge is 0.328 e. The molecule has 1 aromatic heterocycles. The molecule has 3 aromatic rings. The number of unbranched alkanes of at least 4 members (excludes halogenated alkanes) is 1. The second kappa shape index (κ2) is 16.3. The summed E-state index contributed by atoms with van der Waals surface area (Å²) in [5.74, 6) is 0.653. The predicted molar refractivity (Wildman–Crippen MR) is 147 cm³/mol. The zero-order chi connectivity index (χ0) is 27.1. The maximum Gasteiger partial charge on any atom is 0.223 e. The maximum absolute atomic E-state index is 13.0. The van der Waals surface area contributed by atoms with Crippen molar-refractivity contribution in [1.29, 1.82) is 0 Å². The standard InChI is InChI=1S/C25H31N5O2.2C2H6/c1-5-6-11-23(32)30(24(17(2)3)18(4)31)16-19-12-14-20(15-13-19)21-9-7-8-10-22(21)25-26-28-29-27-25;2*1-2/h7-10,12-15,17,24H,5-6,11,16H2,1-4H3,(H,26,27,28,29);2*1-2H3/t24-;;/m0../s1. The third kappa shape index (κ3) is 8.40. The Morgan fingerprint density at radius 2 is 1.56 bits per heavy atom. The number of rotatable bonds is 10. The third-order valence-corrected chi connectivity index (χ3v) is 5.58. The molecule has 0 bridgehead atoms. The van der Waals surface area contributed by atoms with Crippen LogP contribution in [0.2, 0.25) is 0 Å². The Bertz CT molecular complexity index is 1030. The molecule has 2 aromatic carbocycles. The Balaban J connectivity index is 0.00000154. The lowest BCUT2D eigenvalue weighted by Gasteiger charge is -2.33. The highest BCUT2D eigenvalue weighted by Crippen LogP contribution is 2.30. The molecule has 0 fully saturated rings. The second-order valence-corrected chi connectivity index (χ2v) is 8.40. The number of ketones is 1. The lowest BCUT2D eigenvalue weighted by atomic mass is 9.96. The van der Waals surface area contributed by atoms with Crippen LogP contribution in [0, 0.1) is 5.92 Å². The van der Waals surface area contributed by atoms with Crippen LogP contribution in [0.5, 0.6) is 0 Å². The monoisotopic (exact) mass is 493 g/mol. The summed E-state index contributed by atoms with van der Waals surface area (Å²) in [4.78, 5) is 27.1. The highest BCUT2D eigenvalue weighted by Gasteiger charge is 2.29. The van der Waals surface area contributed by atoms with Gasteiger partial charge < -0.3 is 4.90 Å². The maximum atomic E-state index is 13.0. The van der Waals surface area contributed by atoms with Crippen LogP contribution in [-0.2, 0) is 16.1 Å². The Hall–Kier alpha value is -3.35. The molecular formula is C29H43N5O2. The average Bonchev–Trinajstić information content (AvgIpc) is 3.44. The zero-order valence-corrected chi connectivity index (χ0v) is 23.2. The first-order chi connectivity index (χ1) is 17.4. The molecule has 0 unspecified atom stereocenters. The lowest BCUT2D eigenvalue weighted by molar-refractivity contribution is -0.141. The fourth-order valence-electron chi connectivity index (χ4n) is 4.05. The van der Waals surface area contributed by atoms with Crippen molar-refractivity contribution in [3.05, 3.63) is 54.1 Å². The molecule has 0 spiro atoms. The second-order valence-electron chi connectivity index (χ2n) is 8.40. The van der Waals surface area contributed by atoms with E-state index in [0.717, 1.165) is 35.1 Å². The van der Waals surface area contributed by atoms with Gasteiger partial charge in [0.05, 0.1) is 6.04 Å². The van der Waals surface area contributed by atoms with Gasteiger partial charge in [-0.3, -0.25) is 9.59 Å². The number of nitrogens with zero attached hydrogens (tertiary/aromatic N) is 4. The summed E-state index contributed by atoms with van der Waals surface area (Å²) < 4.78 is 0. The van der Waals surface area contributed by atoms with Crippen molar-refractivity contribution in [2.75, 3.05) is 0 Å². The number of tetrazole rings is 1. The van der Waals surface area contributed by atoms with Gasteiger partial charge in [-0.2, -0.15) is 5.21 Å². The van der Waals surface area contributed by atoms with Gasteiger partial charge in [-0.1, -0.05) is 103 Å². The van der Waals surface area contributed by atoms with E-state index in [1.54, 1.807) is 11.8 Å². The summed E-state index contributed by atoms with van der Waals surface area (Å²) in [5, 5.41) is 14.4. The zero-order valence-electron chi connectivity index (χ0n) is 23.2. The first-order valence-corrected chi connectivity index (χ1v) is 13.1. The summed E-state index contributed by atoms with van der Waals surface area (Å²) in [5.41, 5.74) is 3.90. The van der Waals surface area contributed by atoms with E-state index in [4.69, 9.17) is 0 Å². The van der Waals surface area contributed by atoms with Gasteiger partial charge in [-0.15, -0.1) is 10.2 Å². The Morgan fingerprint density at radius 3 is 2.06 bits per heavy atom. The lowest BCUT2D eigenvalue weighted by Crippen LogP contribution is -2.46. The third-order valence-electron chi connectivity index (χ3n) is 5.58. The minimum atomic E-state index is -0.419. The van der Waals surface area contributed by atoms with Gasteiger partial charge in [-0.05, 0) is 41.2 Å². The average molecular weight is 494 g/mol. The number of nitrogens with one attached hydrogen (secondary N) is 1. The van der Waals surface area contributed by atoms with Crippen molar-refractivity contribution in [3.63, 3.8) is 0 Å². The molecule has 1 heterocycles. The number of amides is 1. The predicted octanol–water partition coefficient (Wildman–Crippen LogP) is 6.72. The van der Waals surface area contributed by atoms with Crippen molar-refractivity contribution in [1.82, 2.24) is 25.5 Å². The fraction of sp³-hybridized carbons (Fsp3) is 0.483. The van der Waals surface area contributed by atoms with Gasteiger partial charge in [0, 0.05) is 18.5 Å². The smallest absolute Gasteiger partial charge is 0.223 e. The van der Waals surface area contributed by atoms with Crippen molar-refractivity contribution < 1.29 is 9.59 Å². The molecule has 7 nitrogen and oxygen atoms in total. The Morgan fingerprint density at radius 1 is 0.944 bits per heavy atom. The van der Waals surface area contributed by atoms with E-state index in [-0.39, 0.29) is 17.6 Å². The van der Waals surface area contributed by atoms with Crippen LogP contribution in [-0.4, -0.2) is 43.3 Å². The van der Waals surface area contributed by atoms with E-state index in [9.17, 15) is 9.59 Å². The summed E-state index contributed by atoms with van der Waals surface area (Å²) in [6.45, 7) is 16.0. The number of hydrogen-bond donors (Lipinski definition) is 1. The van der Waals surface area contributed by atoms with Gasteiger partial charge in [0.2, 0.25) is 11.7 Å². The molecule has 1 N–H and O–H groups in total. The summed E-state index contributed by atoms with van der Waals surface area (Å²) in [6, 6.07) is 15.6. The van der Waals surface area contributed by atoms with E-state index < -0.39 is 6.04 Å². The number of carbonyl (C=O) groups excluding carboxylic acids is 2. The van der Waals surface area contributed by atoms with Crippen molar-refractivity contribution >= 4 is 11.7 Å². The minimum absolute atomic E-state index is 0.0236. The molecule has 0 radical (unpaired) electrons. The van der Waals surface area contributed by atoms with E-state index in [1.165, 1.54) is 0 Å². The topological polar surface area (TPSA) is 91.8 Å². The number of Topliss-reactive ketones (excluding diaryl/α,β-unsaturated/α-hetero) is 1. The number of hydrogen-bond acceptors (Lipinski definition) is 5. The minimum Gasteiger partial charge on any atom is -0.328 e.